The molecule has 0 aliphatic rings. The maximum absolute atomic E-state index is 11.0. The quantitative estimate of drug-likeness (QED) is 0.840. The van der Waals surface area contributed by atoms with Gasteiger partial charge < -0.3 is 10.0 Å². The van der Waals surface area contributed by atoms with Gasteiger partial charge in [-0.15, -0.1) is 0 Å². The predicted octanol–water partition coefficient (Wildman–Crippen LogP) is 3.32. The molecule has 0 aliphatic heterocycles. The van der Waals surface area contributed by atoms with E-state index in [4.69, 9.17) is 5.11 Å². The Morgan fingerprint density at radius 1 is 1.33 bits per heavy atom. The number of aryl methyl sites for hydroxylation is 1. The average molecular weight is 249 g/mol. The second-order valence-electron chi connectivity index (χ2n) is 5.50. The van der Waals surface area contributed by atoms with Crippen molar-refractivity contribution in [2.45, 2.75) is 33.6 Å². The first-order valence-corrected chi connectivity index (χ1v) is 6.35. The van der Waals surface area contributed by atoms with E-state index in [1.54, 1.807) is 13.8 Å². The summed E-state index contributed by atoms with van der Waals surface area (Å²) < 4.78 is 0. The molecule has 1 aromatic rings. The predicted molar refractivity (Wildman–Crippen MR) is 75.1 cm³/mol. The topological polar surface area (TPSA) is 40.5 Å². The van der Waals surface area contributed by atoms with Crippen molar-refractivity contribution in [3.8, 4) is 0 Å². The van der Waals surface area contributed by atoms with Crippen molar-refractivity contribution in [3.05, 3.63) is 29.8 Å². The second-order valence-corrected chi connectivity index (χ2v) is 5.50. The molecule has 0 saturated heterocycles. The van der Waals surface area contributed by atoms with Gasteiger partial charge in [0.2, 0.25) is 0 Å². The van der Waals surface area contributed by atoms with Crippen LogP contribution in [0.5, 0.6) is 0 Å². The molecule has 1 aromatic carbocycles. The SMILES string of the molecule is Cc1ccccc1N(C)CCCC(C)(C)C(=O)O. The molecule has 18 heavy (non-hydrogen) atoms. The minimum atomic E-state index is -0.721. The highest BCUT2D eigenvalue weighted by Gasteiger charge is 2.26. The maximum Gasteiger partial charge on any atom is 0.309 e. The summed E-state index contributed by atoms with van der Waals surface area (Å²) in [6.07, 6.45) is 1.57. The van der Waals surface area contributed by atoms with Crippen LogP contribution in [0.3, 0.4) is 0 Å². The molecule has 0 atom stereocenters. The van der Waals surface area contributed by atoms with Gasteiger partial charge in [-0.3, -0.25) is 4.79 Å². The van der Waals surface area contributed by atoms with E-state index < -0.39 is 11.4 Å². The van der Waals surface area contributed by atoms with Crippen molar-refractivity contribution in [3.63, 3.8) is 0 Å². The van der Waals surface area contributed by atoms with Crippen molar-refractivity contribution in [2.75, 3.05) is 18.5 Å². The van der Waals surface area contributed by atoms with Gasteiger partial charge in [-0.25, -0.2) is 0 Å². The fraction of sp³-hybridized carbons (Fsp3) is 0.533. The molecule has 3 nitrogen and oxygen atoms in total. The van der Waals surface area contributed by atoms with E-state index in [0.717, 1.165) is 13.0 Å². The van der Waals surface area contributed by atoms with E-state index in [0.29, 0.717) is 6.42 Å². The van der Waals surface area contributed by atoms with E-state index in [1.807, 2.05) is 12.1 Å². The molecular formula is C15H23NO2. The number of rotatable bonds is 6. The van der Waals surface area contributed by atoms with E-state index >= 15 is 0 Å². The van der Waals surface area contributed by atoms with Crippen molar-refractivity contribution in [1.29, 1.82) is 0 Å². The van der Waals surface area contributed by atoms with Crippen LogP contribution in [-0.2, 0) is 4.79 Å². The Kier molecular flexibility index (Phi) is 4.76. The van der Waals surface area contributed by atoms with Crippen LogP contribution in [0.15, 0.2) is 24.3 Å². The number of carbonyl (C=O) groups is 1. The molecule has 0 aromatic heterocycles. The summed E-state index contributed by atoms with van der Waals surface area (Å²) in [6.45, 7) is 6.53. The normalized spacial score (nSPS) is 11.3. The lowest BCUT2D eigenvalue weighted by atomic mass is 9.88. The highest BCUT2D eigenvalue weighted by atomic mass is 16.4. The Morgan fingerprint density at radius 3 is 2.50 bits per heavy atom. The van der Waals surface area contributed by atoms with Crippen molar-refractivity contribution < 1.29 is 9.90 Å². The highest BCUT2D eigenvalue weighted by Crippen LogP contribution is 2.24. The maximum atomic E-state index is 11.0. The molecule has 0 fully saturated rings. The standard InChI is InChI=1S/C15H23NO2/c1-12-8-5-6-9-13(12)16(4)11-7-10-15(2,3)14(17)18/h5-6,8-9H,7,10-11H2,1-4H3,(H,17,18). The van der Waals surface area contributed by atoms with Crippen molar-refractivity contribution in [1.82, 2.24) is 0 Å². The summed E-state index contributed by atoms with van der Waals surface area (Å²) in [5.41, 5.74) is 1.83. The zero-order valence-electron chi connectivity index (χ0n) is 11.7. The van der Waals surface area contributed by atoms with Crippen LogP contribution >= 0.6 is 0 Å². The Labute approximate surface area is 109 Å². The molecule has 0 heterocycles. The molecule has 0 spiro atoms. The molecule has 3 heteroatoms. The number of aliphatic carboxylic acids is 1. The van der Waals surface area contributed by atoms with Crippen LogP contribution in [0.1, 0.15) is 32.3 Å². The zero-order valence-corrected chi connectivity index (χ0v) is 11.7. The molecule has 1 rings (SSSR count). The van der Waals surface area contributed by atoms with E-state index in [2.05, 4.69) is 31.0 Å². The fourth-order valence-corrected chi connectivity index (χ4v) is 1.98. The van der Waals surface area contributed by atoms with Crippen LogP contribution in [0.4, 0.5) is 5.69 Å². The van der Waals surface area contributed by atoms with Gasteiger partial charge in [0.1, 0.15) is 0 Å². The van der Waals surface area contributed by atoms with E-state index in [-0.39, 0.29) is 0 Å². The summed E-state index contributed by atoms with van der Waals surface area (Å²) in [5, 5.41) is 9.05. The summed E-state index contributed by atoms with van der Waals surface area (Å²) in [6, 6.07) is 8.24. The number of carboxylic acids is 1. The Hall–Kier alpha value is -1.51. The zero-order chi connectivity index (χ0) is 13.8. The Morgan fingerprint density at radius 2 is 1.94 bits per heavy atom. The third kappa shape index (κ3) is 3.76. The molecule has 100 valence electrons. The molecule has 0 amide bonds. The number of hydrogen-bond donors (Lipinski definition) is 1. The molecule has 0 bridgehead atoms. The largest absolute Gasteiger partial charge is 0.481 e. The van der Waals surface area contributed by atoms with Gasteiger partial charge >= 0.3 is 5.97 Å². The first-order chi connectivity index (χ1) is 8.34. The van der Waals surface area contributed by atoms with Gasteiger partial charge in [0.15, 0.2) is 0 Å². The molecule has 1 N–H and O–H groups in total. The minimum Gasteiger partial charge on any atom is -0.481 e. The van der Waals surface area contributed by atoms with E-state index in [9.17, 15) is 4.79 Å². The first kappa shape index (κ1) is 14.6. The number of para-hydroxylation sites is 1. The third-order valence-corrected chi connectivity index (χ3v) is 3.40. The van der Waals surface area contributed by atoms with Gasteiger partial charge in [0.25, 0.3) is 0 Å². The molecule has 0 aliphatic carbocycles. The monoisotopic (exact) mass is 249 g/mol. The van der Waals surface area contributed by atoms with Crippen molar-refractivity contribution in [2.24, 2.45) is 5.41 Å². The number of carboxylic acid groups (broad SMARTS) is 1. The lowest BCUT2D eigenvalue weighted by Crippen LogP contribution is -2.26. The number of anilines is 1. The average Bonchev–Trinajstić information content (AvgIpc) is 2.29. The number of nitrogens with zero attached hydrogens (tertiary/aromatic N) is 1. The van der Waals surface area contributed by atoms with Gasteiger partial charge in [0, 0.05) is 19.3 Å². The van der Waals surface area contributed by atoms with Gasteiger partial charge in [-0.1, -0.05) is 18.2 Å². The summed E-state index contributed by atoms with van der Waals surface area (Å²) in [5.74, 6) is -0.721. The minimum absolute atomic E-state index is 0.632. The lowest BCUT2D eigenvalue weighted by Gasteiger charge is -2.24. The van der Waals surface area contributed by atoms with E-state index in [1.165, 1.54) is 11.3 Å². The van der Waals surface area contributed by atoms with Crippen LogP contribution in [0, 0.1) is 12.3 Å². The Bertz CT molecular complexity index is 413. The molecule has 0 saturated carbocycles. The first-order valence-electron chi connectivity index (χ1n) is 6.35. The van der Waals surface area contributed by atoms with Gasteiger partial charge in [-0.2, -0.15) is 0 Å². The number of hydrogen-bond acceptors (Lipinski definition) is 2. The summed E-state index contributed by atoms with van der Waals surface area (Å²) in [4.78, 5) is 13.2. The van der Waals surface area contributed by atoms with Crippen molar-refractivity contribution >= 4 is 11.7 Å². The molecule has 0 unspecified atom stereocenters. The van der Waals surface area contributed by atoms with Crippen LogP contribution in [-0.4, -0.2) is 24.7 Å². The Balaban J connectivity index is 2.50. The fourth-order valence-electron chi connectivity index (χ4n) is 1.98. The van der Waals surface area contributed by atoms with Crippen LogP contribution in [0.25, 0.3) is 0 Å². The smallest absolute Gasteiger partial charge is 0.309 e. The van der Waals surface area contributed by atoms with Gasteiger partial charge in [-0.05, 0) is 45.2 Å². The van der Waals surface area contributed by atoms with Crippen LogP contribution in [0.2, 0.25) is 0 Å². The summed E-state index contributed by atoms with van der Waals surface area (Å²) >= 11 is 0. The summed E-state index contributed by atoms with van der Waals surface area (Å²) in [7, 11) is 2.05. The third-order valence-electron chi connectivity index (χ3n) is 3.40. The molecule has 0 radical (unpaired) electrons. The molecular weight excluding hydrogens is 226 g/mol. The second kappa shape index (κ2) is 5.89. The van der Waals surface area contributed by atoms with Crippen LogP contribution < -0.4 is 4.90 Å². The highest BCUT2D eigenvalue weighted by molar-refractivity contribution is 5.73. The van der Waals surface area contributed by atoms with Gasteiger partial charge in [0.05, 0.1) is 5.41 Å². The number of benzene rings is 1. The lowest BCUT2D eigenvalue weighted by molar-refractivity contribution is -0.147.